The van der Waals surface area contributed by atoms with Crippen molar-refractivity contribution >= 4 is 10.9 Å². The normalized spacial score (nSPS) is 12.4. The minimum Gasteiger partial charge on any atom is -0.364 e. The molecule has 1 heterocycles. The quantitative estimate of drug-likeness (QED) is 0.755. The van der Waals surface area contributed by atoms with Crippen molar-refractivity contribution in [1.29, 1.82) is 0 Å². The van der Waals surface area contributed by atoms with Gasteiger partial charge >= 0.3 is 6.18 Å². The summed E-state index contributed by atoms with van der Waals surface area (Å²) in [6, 6.07) is 5.02. The van der Waals surface area contributed by atoms with Gasteiger partial charge in [0, 0.05) is 17.1 Å². The number of halogens is 3. The average molecular weight is 243 g/mol. The first-order chi connectivity index (χ1) is 7.88. The molecule has 1 aromatic carbocycles. The van der Waals surface area contributed by atoms with Gasteiger partial charge in [-0.2, -0.15) is 13.2 Å². The summed E-state index contributed by atoms with van der Waals surface area (Å²) < 4.78 is 37.3. The highest BCUT2D eigenvalue weighted by Crippen LogP contribution is 2.30. The average Bonchev–Trinajstić information content (AvgIpc) is 2.26. The van der Waals surface area contributed by atoms with E-state index in [0.717, 1.165) is 12.3 Å². The van der Waals surface area contributed by atoms with E-state index < -0.39 is 18.0 Å². The Bertz CT molecular complexity index is 552. The van der Waals surface area contributed by atoms with Gasteiger partial charge in [-0.15, -0.1) is 0 Å². The van der Waals surface area contributed by atoms with Crippen LogP contribution in [0.5, 0.6) is 0 Å². The lowest BCUT2D eigenvalue weighted by molar-refractivity contribution is -0.137. The second-order valence-corrected chi connectivity index (χ2v) is 3.55. The summed E-state index contributed by atoms with van der Waals surface area (Å²) in [6.07, 6.45) is -5.43. The molecule has 3 nitrogen and oxygen atoms in total. The zero-order valence-corrected chi connectivity index (χ0v) is 8.44. The maximum absolute atomic E-state index is 12.4. The molecule has 17 heavy (non-hydrogen) atoms. The van der Waals surface area contributed by atoms with Crippen molar-refractivity contribution in [3.63, 3.8) is 0 Å². The van der Waals surface area contributed by atoms with E-state index in [1.807, 2.05) is 0 Å². The van der Waals surface area contributed by atoms with Crippen LogP contribution in [0.15, 0.2) is 30.5 Å². The number of aliphatic hydroxyl groups excluding tert-OH is 1. The van der Waals surface area contributed by atoms with Gasteiger partial charge in [-0.25, -0.2) is 0 Å². The molecule has 2 rings (SSSR count). The smallest absolute Gasteiger partial charge is 0.364 e. The lowest BCUT2D eigenvalue weighted by atomic mass is 10.1. The van der Waals surface area contributed by atoms with Crippen molar-refractivity contribution in [2.45, 2.75) is 12.5 Å². The van der Waals surface area contributed by atoms with Gasteiger partial charge < -0.3 is 10.2 Å². The molecule has 0 bridgehead atoms. The highest BCUT2D eigenvalue weighted by molar-refractivity contribution is 5.79. The summed E-state index contributed by atoms with van der Waals surface area (Å²) in [6.45, 7) is 0. The first-order valence-electron chi connectivity index (χ1n) is 4.71. The van der Waals surface area contributed by atoms with Crippen LogP contribution in [-0.4, -0.2) is 15.2 Å². The minimum absolute atomic E-state index is 0.124. The molecule has 0 atom stereocenters. The molecule has 0 unspecified atom stereocenters. The van der Waals surface area contributed by atoms with Crippen LogP contribution >= 0.6 is 0 Å². The van der Waals surface area contributed by atoms with E-state index in [1.165, 1.54) is 18.2 Å². The molecule has 0 aliphatic rings. The summed E-state index contributed by atoms with van der Waals surface area (Å²) in [5, 5.41) is 18.1. The molecule has 0 amide bonds. The number of fused-ring (bicyclic) bond motifs is 1. The number of rotatable bonds is 1. The number of alkyl halides is 3. The lowest BCUT2D eigenvalue weighted by Crippen LogP contribution is -2.05. The van der Waals surface area contributed by atoms with Gasteiger partial charge in [0.1, 0.15) is 0 Å². The highest BCUT2D eigenvalue weighted by atomic mass is 19.4. The SMILES string of the molecule is OC(O)c1ccc2ncc(C(F)(F)F)cc2c1. The number of hydrogen-bond donors (Lipinski definition) is 2. The van der Waals surface area contributed by atoms with E-state index in [2.05, 4.69) is 4.98 Å². The van der Waals surface area contributed by atoms with Crippen LogP contribution in [0.4, 0.5) is 13.2 Å². The van der Waals surface area contributed by atoms with Crippen LogP contribution in [0.3, 0.4) is 0 Å². The van der Waals surface area contributed by atoms with Crippen molar-refractivity contribution in [3.8, 4) is 0 Å². The molecule has 0 saturated carbocycles. The maximum Gasteiger partial charge on any atom is 0.417 e. The molecule has 2 N–H and O–H groups in total. The third-order valence-corrected chi connectivity index (χ3v) is 2.33. The highest BCUT2D eigenvalue weighted by Gasteiger charge is 2.31. The molecule has 0 saturated heterocycles. The molecule has 0 fully saturated rings. The van der Waals surface area contributed by atoms with Crippen LogP contribution in [0, 0.1) is 0 Å². The third kappa shape index (κ3) is 2.37. The number of nitrogens with zero attached hydrogens (tertiary/aromatic N) is 1. The standard InChI is InChI=1S/C11H8F3NO2/c12-11(13,14)8-4-7-3-6(10(16)17)1-2-9(7)15-5-8/h1-5,10,16-17H. The van der Waals surface area contributed by atoms with Crippen molar-refractivity contribution in [1.82, 2.24) is 4.98 Å². The number of benzene rings is 1. The third-order valence-electron chi connectivity index (χ3n) is 2.33. The fourth-order valence-corrected chi connectivity index (χ4v) is 1.47. The van der Waals surface area contributed by atoms with Crippen molar-refractivity contribution in [3.05, 3.63) is 41.6 Å². The Hall–Kier alpha value is -1.66. The summed E-state index contributed by atoms with van der Waals surface area (Å²) in [4.78, 5) is 3.66. The van der Waals surface area contributed by atoms with Crippen LogP contribution in [0.1, 0.15) is 17.4 Å². The molecular weight excluding hydrogens is 235 g/mol. The zero-order chi connectivity index (χ0) is 12.6. The topological polar surface area (TPSA) is 53.4 Å². The zero-order valence-electron chi connectivity index (χ0n) is 8.44. The molecule has 0 spiro atoms. The van der Waals surface area contributed by atoms with Crippen LogP contribution in [0.25, 0.3) is 10.9 Å². The predicted molar refractivity (Wildman–Crippen MR) is 53.9 cm³/mol. The van der Waals surface area contributed by atoms with E-state index in [1.54, 1.807) is 0 Å². The van der Waals surface area contributed by atoms with Gasteiger partial charge in [-0.05, 0) is 18.2 Å². The van der Waals surface area contributed by atoms with Gasteiger partial charge in [-0.1, -0.05) is 6.07 Å². The lowest BCUT2D eigenvalue weighted by Gasteiger charge is -2.08. The first kappa shape index (κ1) is 11.8. The Morgan fingerprint density at radius 2 is 1.82 bits per heavy atom. The minimum atomic E-state index is -4.46. The van der Waals surface area contributed by atoms with E-state index in [4.69, 9.17) is 10.2 Å². The molecule has 6 heteroatoms. The molecule has 0 aliphatic heterocycles. The van der Waals surface area contributed by atoms with E-state index in [9.17, 15) is 13.2 Å². The molecular formula is C11H8F3NO2. The Morgan fingerprint density at radius 3 is 2.41 bits per heavy atom. The predicted octanol–water partition coefficient (Wildman–Crippen LogP) is 2.24. The molecule has 1 aromatic heterocycles. The molecule has 0 aliphatic carbocycles. The van der Waals surface area contributed by atoms with Gasteiger partial charge in [-0.3, -0.25) is 4.98 Å². The fraction of sp³-hybridized carbons (Fsp3) is 0.182. The van der Waals surface area contributed by atoms with E-state index >= 15 is 0 Å². The molecule has 2 aromatic rings. The maximum atomic E-state index is 12.4. The monoisotopic (exact) mass is 243 g/mol. The molecule has 90 valence electrons. The van der Waals surface area contributed by atoms with E-state index in [0.29, 0.717) is 5.52 Å². The fourth-order valence-electron chi connectivity index (χ4n) is 1.47. The Kier molecular flexibility index (Phi) is 2.76. The van der Waals surface area contributed by atoms with Gasteiger partial charge in [0.25, 0.3) is 0 Å². The van der Waals surface area contributed by atoms with Crippen molar-refractivity contribution < 1.29 is 23.4 Å². The van der Waals surface area contributed by atoms with Crippen molar-refractivity contribution in [2.24, 2.45) is 0 Å². The number of pyridine rings is 1. The van der Waals surface area contributed by atoms with Crippen molar-refractivity contribution in [2.75, 3.05) is 0 Å². The Labute approximate surface area is 94.1 Å². The second-order valence-electron chi connectivity index (χ2n) is 3.55. The largest absolute Gasteiger partial charge is 0.417 e. The second kappa shape index (κ2) is 3.97. The number of hydrogen-bond acceptors (Lipinski definition) is 3. The first-order valence-corrected chi connectivity index (χ1v) is 4.71. The van der Waals surface area contributed by atoms with E-state index in [-0.39, 0.29) is 10.9 Å². The van der Waals surface area contributed by atoms with Crippen LogP contribution in [-0.2, 0) is 6.18 Å². The number of aliphatic hydroxyl groups is 2. The summed E-state index contributed by atoms with van der Waals surface area (Å²) >= 11 is 0. The van der Waals surface area contributed by atoms with Gasteiger partial charge in [0.2, 0.25) is 0 Å². The van der Waals surface area contributed by atoms with Crippen LogP contribution < -0.4 is 0 Å². The Balaban J connectivity index is 2.59. The summed E-state index contributed by atoms with van der Waals surface area (Å²) in [5.74, 6) is 0. The summed E-state index contributed by atoms with van der Waals surface area (Å²) in [7, 11) is 0. The molecule has 0 radical (unpaired) electrons. The van der Waals surface area contributed by atoms with Gasteiger partial charge in [0.15, 0.2) is 6.29 Å². The summed E-state index contributed by atoms with van der Waals surface area (Å²) in [5.41, 5.74) is -0.379. The Morgan fingerprint density at radius 1 is 1.12 bits per heavy atom. The van der Waals surface area contributed by atoms with Gasteiger partial charge in [0.05, 0.1) is 11.1 Å². The van der Waals surface area contributed by atoms with Crippen LogP contribution in [0.2, 0.25) is 0 Å². The number of aromatic nitrogens is 1.